The van der Waals surface area contributed by atoms with E-state index in [1.54, 1.807) is 0 Å². The van der Waals surface area contributed by atoms with Gasteiger partial charge in [-0.3, -0.25) is 4.79 Å². The van der Waals surface area contributed by atoms with Gasteiger partial charge in [0, 0.05) is 19.7 Å². The van der Waals surface area contributed by atoms with Gasteiger partial charge in [-0.05, 0) is 32.6 Å². The second-order valence-electron chi connectivity index (χ2n) is 4.80. The molecule has 2 N–H and O–H groups in total. The Morgan fingerprint density at radius 3 is 2.80 bits per heavy atom. The first-order valence-electron chi connectivity index (χ1n) is 5.82. The van der Waals surface area contributed by atoms with Gasteiger partial charge in [0.2, 0.25) is 5.91 Å². The molecular weight excluding hydrogens is 192 g/mol. The van der Waals surface area contributed by atoms with Crippen LogP contribution >= 0.6 is 0 Å². The molecule has 0 aromatic heterocycles. The minimum Gasteiger partial charge on any atom is -0.377 e. The van der Waals surface area contributed by atoms with Crippen molar-refractivity contribution in [3.63, 3.8) is 0 Å². The molecule has 1 aliphatic carbocycles. The van der Waals surface area contributed by atoms with Crippen LogP contribution in [0.1, 0.15) is 32.6 Å². The summed E-state index contributed by atoms with van der Waals surface area (Å²) in [4.78, 5) is 14.0. The first-order chi connectivity index (χ1) is 7.12. The molecule has 1 amide bonds. The maximum Gasteiger partial charge on any atom is 0.242 e. The van der Waals surface area contributed by atoms with E-state index in [1.807, 2.05) is 11.8 Å². The highest BCUT2D eigenvalue weighted by molar-refractivity contribution is 5.87. The number of hydrogen-bond acceptors (Lipinski definition) is 3. The molecule has 1 aliphatic heterocycles. The zero-order valence-electron chi connectivity index (χ0n) is 9.37. The zero-order chi connectivity index (χ0) is 10.9. The maximum atomic E-state index is 12.1. The molecule has 86 valence electrons. The summed E-state index contributed by atoms with van der Waals surface area (Å²) in [6, 6.07) is 0. The van der Waals surface area contributed by atoms with Gasteiger partial charge in [-0.25, -0.2) is 0 Å². The van der Waals surface area contributed by atoms with E-state index >= 15 is 0 Å². The molecular formula is C11H20N2O2. The summed E-state index contributed by atoms with van der Waals surface area (Å²) >= 11 is 0. The number of amides is 1. The molecule has 1 atom stereocenters. The van der Waals surface area contributed by atoms with Crippen molar-refractivity contribution in [3.05, 3.63) is 0 Å². The Labute approximate surface area is 90.8 Å². The summed E-state index contributed by atoms with van der Waals surface area (Å²) in [6.07, 6.45) is 3.84. The van der Waals surface area contributed by atoms with E-state index in [4.69, 9.17) is 10.5 Å². The number of ether oxygens (including phenoxy) is 1. The molecule has 2 aliphatic rings. The Balaban J connectivity index is 1.99. The fourth-order valence-corrected chi connectivity index (χ4v) is 2.27. The van der Waals surface area contributed by atoms with E-state index < -0.39 is 5.54 Å². The smallest absolute Gasteiger partial charge is 0.242 e. The first-order valence-corrected chi connectivity index (χ1v) is 5.82. The molecule has 2 fully saturated rings. The standard InChI is InChI=1S/C11H20N2O2/c1-9-8-13(6-3-7-15-9)10(14)11(12)4-2-5-11/h9H,2-8,12H2,1H3. The van der Waals surface area contributed by atoms with Crippen LogP contribution in [-0.4, -0.2) is 42.1 Å². The van der Waals surface area contributed by atoms with Crippen molar-refractivity contribution in [1.82, 2.24) is 4.90 Å². The van der Waals surface area contributed by atoms with Crippen LogP contribution in [0, 0.1) is 0 Å². The van der Waals surface area contributed by atoms with E-state index in [-0.39, 0.29) is 12.0 Å². The molecule has 2 rings (SSSR count). The van der Waals surface area contributed by atoms with Crippen LogP contribution in [0.5, 0.6) is 0 Å². The highest BCUT2D eigenvalue weighted by atomic mass is 16.5. The average Bonchev–Trinajstić information content (AvgIpc) is 2.38. The average molecular weight is 212 g/mol. The van der Waals surface area contributed by atoms with Crippen LogP contribution in [0.15, 0.2) is 0 Å². The molecule has 1 heterocycles. The number of nitrogens with zero attached hydrogens (tertiary/aromatic N) is 1. The van der Waals surface area contributed by atoms with Crippen molar-refractivity contribution in [2.24, 2.45) is 5.73 Å². The molecule has 4 nitrogen and oxygen atoms in total. The summed E-state index contributed by atoms with van der Waals surface area (Å²) in [7, 11) is 0. The van der Waals surface area contributed by atoms with Gasteiger partial charge in [-0.2, -0.15) is 0 Å². The van der Waals surface area contributed by atoms with E-state index in [0.29, 0.717) is 6.54 Å². The predicted octanol–water partition coefficient (Wildman–Crippen LogP) is 0.505. The Hall–Kier alpha value is -0.610. The third-order valence-electron chi connectivity index (χ3n) is 3.41. The van der Waals surface area contributed by atoms with Crippen molar-refractivity contribution in [1.29, 1.82) is 0 Å². The molecule has 0 aromatic rings. The number of hydrogen-bond donors (Lipinski definition) is 1. The summed E-state index contributed by atoms with van der Waals surface area (Å²) in [5.74, 6) is 0.131. The fourth-order valence-electron chi connectivity index (χ4n) is 2.27. The topological polar surface area (TPSA) is 55.6 Å². The van der Waals surface area contributed by atoms with E-state index in [2.05, 4.69) is 0 Å². The number of nitrogens with two attached hydrogens (primary N) is 1. The lowest BCUT2D eigenvalue weighted by Gasteiger charge is -2.40. The van der Waals surface area contributed by atoms with Gasteiger partial charge < -0.3 is 15.4 Å². The quantitative estimate of drug-likeness (QED) is 0.689. The molecule has 0 bridgehead atoms. The van der Waals surface area contributed by atoms with Gasteiger partial charge in [0.05, 0.1) is 11.6 Å². The van der Waals surface area contributed by atoms with Gasteiger partial charge in [-0.1, -0.05) is 0 Å². The monoisotopic (exact) mass is 212 g/mol. The third kappa shape index (κ3) is 2.16. The first kappa shape index (κ1) is 10.9. The highest BCUT2D eigenvalue weighted by Crippen LogP contribution is 2.31. The summed E-state index contributed by atoms with van der Waals surface area (Å²) in [6.45, 7) is 4.25. The minimum absolute atomic E-state index is 0.131. The van der Waals surface area contributed by atoms with Gasteiger partial charge in [0.25, 0.3) is 0 Å². The van der Waals surface area contributed by atoms with Crippen molar-refractivity contribution >= 4 is 5.91 Å². The van der Waals surface area contributed by atoms with Crippen LogP contribution in [-0.2, 0) is 9.53 Å². The van der Waals surface area contributed by atoms with E-state index in [9.17, 15) is 4.79 Å². The predicted molar refractivity (Wildman–Crippen MR) is 57.4 cm³/mol. The molecule has 1 unspecified atom stereocenters. The lowest BCUT2D eigenvalue weighted by Crippen LogP contribution is -2.60. The highest BCUT2D eigenvalue weighted by Gasteiger charge is 2.43. The minimum atomic E-state index is -0.552. The van der Waals surface area contributed by atoms with Gasteiger partial charge in [0.15, 0.2) is 0 Å². The van der Waals surface area contributed by atoms with Crippen LogP contribution in [0.2, 0.25) is 0 Å². The summed E-state index contributed by atoms with van der Waals surface area (Å²) < 4.78 is 5.51. The lowest BCUT2D eigenvalue weighted by molar-refractivity contribution is -0.140. The Morgan fingerprint density at radius 1 is 1.47 bits per heavy atom. The molecule has 4 heteroatoms. The number of carbonyl (C=O) groups excluding carboxylic acids is 1. The Morgan fingerprint density at radius 2 is 2.20 bits per heavy atom. The van der Waals surface area contributed by atoms with E-state index in [0.717, 1.165) is 38.8 Å². The number of carbonyl (C=O) groups is 1. The molecule has 15 heavy (non-hydrogen) atoms. The van der Waals surface area contributed by atoms with Crippen molar-refractivity contribution in [2.45, 2.75) is 44.2 Å². The Kier molecular flexibility index (Phi) is 2.98. The second-order valence-corrected chi connectivity index (χ2v) is 4.80. The molecule has 1 saturated carbocycles. The van der Waals surface area contributed by atoms with Crippen LogP contribution in [0.3, 0.4) is 0 Å². The van der Waals surface area contributed by atoms with Crippen LogP contribution < -0.4 is 5.73 Å². The maximum absolute atomic E-state index is 12.1. The van der Waals surface area contributed by atoms with Crippen LogP contribution in [0.4, 0.5) is 0 Å². The zero-order valence-corrected chi connectivity index (χ0v) is 9.37. The normalized spacial score (nSPS) is 30.5. The van der Waals surface area contributed by atoms with Gasteiger partial charge in [-0.15, -0.1) is 0 Å². The molecule has 0 spiro atoms. The van der Waals surface area contributed by atoms with Gasteiger partial charge >= 0.3 is 0 Å². The summed E-state index contributed by atoms with van der Waals surface area (Å²) in [5, 5.41) is 0. The van der Waals surface area contributed by atoms with Crippen molar-refractivity contribution in [2.75, 3.05) is 19.7 Å². The molecule has 0 radical (unpaired) electrons. The van der Waals surface area contributed by atoms with E-state index in [1.165, 1.54) is 0 Å². The molecule has 0 aromatic carbocycles. The Bertz CT molecular complexity index is 251. The summed E-state index contributed by atoms with van der Waals surface area (Å²) in [5.41, 5.74) is 5.49. The SMILES string of the molecule is CC1CN(C(=O)C2(N)CCC2)CCCO1. The lowest BCUT2D eigenvalue weighted by atomic mass is 9.76. The second kappa shape index (κ2) is 4.10. The molecule has 1 saturated heterocycles. The fraction of sp³-hybridized carbons (Fsp3) is 0.909. The third-order valence-corrected chi connectivity index (χ3v) is 3.41. The number of rotatable bonds is 1. The largest absolute Gasteiger partial charge is 0.377 e. The van der Waals surface area contributed by atoms with Crippen molar-refractivity contribution < 1.29 is 9.53 Å². The van der Waals surface area contributed by atoms with Gasteiger partial charge in [0.1, 0.15) is 0 Å². The van der Waals surface area contributed by atoms with Crippen LogP contribution in [0.25, 0.3) is 0 Å². The van der Waals surface area contributed by atoms with Crippen molar-refractivity contribution in [3.8, 4) is 0 Å².